The summed E-state index contributed by atoms with van der Waals surface area (Å²) in [5.74, 6) is 0. The van der Waals surface area contributed by atoms with E-state index >= 15 is 0 Å². The van der Waals surface area contributed by atoms with Gasteiger partial charge in [0.15, 0.2) is 4.17 Å². The molecule has 5 heteroatoms. The van der Waals surface area contributed by atoms with E-state index in [1.165, 1.54) is 0 Å². The molecule has 2 nitrogen and oxygen atoms in total. The number of hydrogen-bond acceptors (Lipinski definition) is 1. The predicted molar refractivity (Wildman–Crippen MR) is 27.8 cm³/mol. The van der Waals surface area contributed by atoms with Gasteiger partial charge in [0.05, 0.1) is 0 Å². The molecule has 0 aromatic heterocycles. The summed E-state index contributed by atoms with van der Waals surface area (Å²) in [6.45, 7) is 0. The summed E-state index contributed by atoms with van der Waals surface area (Å²) in [6, 6.07) is 0. The third-order valence-corrected chi connectivity index (χ3v) is 1.58. The van der Waals surface area contributed by atoms with E-state index in [9.17, 15) is 4.21 Å². The van der Waals surface area contributed by atoms with Crippen molar-refractivity contribution in [2.45, 2.75) is 4.17 Å². The second-order valence-electron chi connectivity index (χ2n) is 0.589. The second kappa shape index (κ2) is 2.80. The first-order valence-electron chi connectivity index (χ1n) is 1.07. The Morgan fingerprint density at radius 2 is 1.83 bits per heavy atom. The summed E-state index contributed by atoms with van der Waals surface area (Å²) < 4.78 is 8.81. The Morgan fingerprint density at radius 3 is 1.83 bits per heavy atom. The van der Waals surface area contributed by atoms with Gasteiger partial charge in [-0.2, -0.15) is 0 Å². The zero-order chi connectivity index (χ0) is 5.15. The summed E-state index contributed by atoms with van der Waals surface area (Å²) in [7, 11) is -1.59. The van der Waals surface area contributed by atoms with Crippen LogP contribution in [0.4, 0.5) is 0 Å². The van der Waals surface area contributed by atoms with Crippen molar-refractivity contribution in [3.8, 4) is 0 Å². The van der Waals surface area contributed by atoms with Crippen molar-refractivity contribution < 1.29 is 4.21 Å². The van der Waals surface area contributed by atoms with Gasteiger partial charge in [-0.25, -0.2) is 9.35 Å². The molecular weight excluding hydrogens is 145 g/mol. The van der Waals surface area contributed by atoms with Crippen LogP contribution in [0, 0.1) is 0 Å². The van der Waals surface area contributed by atoms with Crippen molar-refractivity contribution in [3.05, 3.63) is 0 Å². The van der Waals surface area contributed by atoms with Crippen LogP contribution in [0.25, 0.3) is 0 Å². The highest BCUT2D eigenvalue weighted by molar-refractivity contribution is 7.86. The van der Waals surface area contributed by atoms with Crippen LogP contribution in [-0.2, 0) is 11.0 Å². The Morgan fingerprint density at radius 1 is 1.67 bits per heavy atom. The summed E-state index contributed by atoms with van der Waals surface area (Å²) >= 11 is 9.91. The summed E-state index contributed by atoms with van der Waals surface area (Å²) in [4.78, 5) is 0. The van der Waals surface area contributed by atoms with Crippen molar-refractivity contribution >= 4 is 34.2 Å². The van der Waals surface area contributed by atoms with Crippen LogP contribution >= 0.6 is 23.2 Å². The first-order valence-corrected chi connectivity index (χ1v) is 3.22. The highest BCUT2D eigenvalue weighted by Gasteiger charge is 1.99. The normalized spacial score (nSPS) is 15.3. The number of nitrogens with two attached hydrogens (primary N) is 1. The van der Waals surface area contributed by atoms with Gasteiger partial charge in [0.2, 0.25) is 0 Å². The summed E-state index contributed by atoms with van der Waals surface area (Å²) in [5, 5.41) is 4.64. The van der Waals surface area contributed by atoms with Gasteiger partial charge in [-0.3, -0.25) is 0 Å². The van der Waals surface area contributed by atoms with Crippen LogP contribution in [0.3, 0.4) is 0 Å². The van der Waals surface area contributed by atoms with Gasteiger partial charge in [-0.15, -0.1) is 0 Å². The number of rotatable bonds is 1. The third kappa shape index (κ3) is 2.90. The fourth-order valence-electron chi connectivity index (χ4n) is 0. The number of halogens is 2. The fraction of sp³-hybridized carbons (Fsp3) is 1.00. The molecule has 6 heavy (non-hydrogen) atoms. The van der Waals surface area contributed by atoms with Gasteiger partial charge in [-0.05, 0) is 0 Å². The van der Waals surface area contributed by atoms with Gasteiger partial charge in [0, 0.05) is 0 Å². The molecule has 0 radical (unpaired) electrons. The van der Waals surface area contributed by atoms with Gasteiger partial charge in [-0.1, -0.05) is 23.2 Å². The lowest BCUT2D eigenvalue weighted by Crippen LogP contribution is -2.09. The van der Waals surface area contributed by atoms with Crippen LogP contribution < -0.4 is 5.14 Å². The molecule has 0 aliphatic carbocycles. The van der Waals surface area contributed by atoms with Crippen molar-refractivity contribution in [1.82, 2.24) is 0 Å². The molecule has 0 spiro atoms. The third-order valence-electron chi connectivity index (χ3n) is 0.176. The van der Waals surface area contributed by atoms with Crippen molar-refractivity contribution in [2.75, 3.05) is 0 Å². The van der Waals surface area contributed by atoms with Crippen LogP contribution in [0.2, 0.25) is 0 Å². The van der Waals surface area contributed by atoms with Gasteiger partial charge < -0.3 is 0 Å². The SMILES string of the molecule is NS(=O)C(Cl)Cl. The number of alkyl halides is 2. The minimum absolute atomic E-state index is 0.954. The van der Waals surface area contributed by atoms with Crippen molar-refractivity contribution in [3.63, 3.8) is 0 Å². The minimum Gasteiger partial charge on any atom is -0.249 e. The van der Waals surface area contributed by atoms with Crippen LogP contribution in [-0.4, -0.2) is 8.38 Å². The molecule has 0 rings (SSSR count). The molecule has 0 aromatic carbocycles. The molecule has 0 bridgehead atoms. The molecule has 0 amide bonds. The number of hydrogen-bond donors (Lipinski definition) is 1. The van der Waals surface area contributed by atoms with E-state index in [1.807, 2.05) is 0 Å². The second-order valence-corrected chi connectivity index (χ2v) is 3.33. The molecule has 38 valence electrons. The lowest BCUT2D eigenvalue weighted by molar-refractivity contribution is 0.686. The maximum absolute atomic E-state index is 9.77. The Kier molecular flexibility index (Phi) is 3.12. The highest BCUT2D eigenvalue weighted by Crippen LogP contribution is 2.00. The van der Waals surface area contributed by atoms with Crippen LogP contribution in [0.5, 0.6) is 0 Å². The molecular formula is CH3Cl2NOS. The first kappa shape index (κ1) is 6.69. The summed E-state index contributed by atoms with van der Waals surface area (Å²) in [5.41, 5.74) is 0. The van der Waals surface area contributed by atoms with E-state index in [0.29, 0.717) is 0 Å². The first-order chi connectivity index (χ1) is 2.64. The highest BCUT2D eigenvalue weighted by atomic mass is 35.5. The molecule has 0 aliphatic heterocycles. The quantitative estimate of drug-likeness (QED) is 0.536. The Labute approximate surface area is 48.2 Å². The van der Waals surface area contributed by atoms with E-state index in [2.05, 4.69) is 5.14 Å². The molecule has 1 atom stereocenters. The van der Waals surface area contributed by atoms with Crippen LogP contribution in [0.15, 0.2) is 0 Å². The van der Waals surface area contributed by atoms with Crippen molar-refractivity contribution in [1.29, 1.82) is 0 Å². The molecule has 0 heterocycles. The minimum atomic E-state index is -1.59. The molecule has 0 saturated carbocycles. The zero-order valence-corrected chi connectivity index (χ0v) is 5.06. The van der Waals surface area contributed by atoms with E-state index in [4.69, 9.17) is 23.2 Å². The lowest BCUT2D eigenvalue weighted by atomic mass is 11.9. The molecule has 0 aliphatic rings. The average molecular weight is 148 g/mol. The average Bonchev–Trinajstić information content (AvgIpc) is 1.36. The monoisotopic (exact) mass is 147 g/mol. The smallest absolute Gasteiger partial charge is 0.195 e. The van der Waals surface area contributed by atoms with E-state index in [-0.39, 0.29) is 0 Å². The molecule has 0 aromatic rings. The zero-order valence-electron chi connectivity index (χ0n) is 2.73. The fourth-order valence-corrected chi connectivity index (χ4v) is 0. The van der Waals surface area contributed by atoms with Crippen LogP contribution in [0.1, 0.15) is 0 Å². The molecule has 0 fully saturated rings. The molecule has 1 unspecified atom stereocenters. The summed E-state index contributed by atoms with van der Waals surface area (Å²) in [6.07, 6.45) is 0. The van der Waals surface area contributed by atoms with E-state index < -0.39 is 15.2 Å². The Balaban J connectivity index is 3.26. The maximum Gasteiger partial charge on any atom is 0.195 e. The Bertz CT molecular complexity index is 64.6. The van der Waals surface area contributed by atoms with Crippen molar-refractivity contribution in [2.24, 2.45) is 5.14 Å². The Hall–Kier alpha value is 0.690. The van der Waals surface area contributed by atoms with E-state index in [0.717, 1.165) is 0 Å². The standard InChI is InChI=1S/CH3Cl2NOS/c2-1(3)6(4)5/h1H,4H2. The maximum atomic E-state index is 9.77. The predicted octanol–water partition coefficient (Wildman–Crippen LogP) is 0.370. The van der Waals surface area contributed by atoms with E-state index in [1.54, 1.807) is 0 Å². The van der Waals surface area contributed by atoms with Gasteiger partial charge in [0.1, 0.15) is 11.0 Å². The molecule has 2 N–H and O–H groups in total. The topological polar surface area (TPSA) is 43.1 Å². The van der Waals surface area contributed by atoms with Gasteiger partial charge in [0.25, 0.3) is 0 Å². The lowest BCUT2D eigenvalue weighted by Gasteiger charge is -1.87. The molecule has 0 saturated heterocycles. The largest absolute Gasteiger partial charge is 0.249 e. The van der Waals surface area contributed by atoms with Gasteiger partial charge >= 0.3 is 0 Å².